The van der Waals surface area contributed by atoms with Gasteiger partial charge in [0.1, 0.15) is 30.8 Å². The van der Waals surface area contributed by atoms with Crippen molar-refractivity contribution < 1.29 is 48.0 Å². The Morgan fingerprint density at radius 1 is 0.961 bits per heavy atom. The number of esters is 2. The van der Waals surface area contributed by atoms with Gasteiger partial charge in [-0.15, -0.1) is 0 Å². The van der Waals surface area contributed by atoms with E-state index in [0.717, 1.165) is 26.2 Å². The number of β-amino-alcohol motifs (C(OH)–C–C–N with tert-alkyl or cyclic N) is 1. The molecule has 0 bridgehead atoms. The first-order valence-corrected chi connectivity index (χ1v) is 16.8. The summed E-state index contributed by atoms with van der Waals surface area (Å²) >= 11 is 0. The molecule has 278 valence electrons. The number of nitrogens with one attached hydrogen (secondary N) is 1. The minimum atomic E-state index is -1.21. The molecule has 0 spiro atoms. The molecule has 1 saturated heterocycles. The van der Waals surface area contributed by atoms with E-state index >= 15 is 0 Å². The van der Waals surface area contributed by atoms with Gasteiger partial charge in [0.05, 0.1) is 40.9 Å². The fourth-order valence-electron chi connectivity index (χ4n) is 6.11. The molecule has 0 aliphatic carbocycles. The molecule has 2 aliphatic heterocycles. The SMILES string of the molecule is COC(=O)C1=C(C(OC)OC)NC(C)=C(C(=O)OC(C)C)C1c1cc([N+](=O)[O-])ccc1OCCN1CCN(CC(O)COc2ccccc2)CC1. The number of piperazine rings is 1. The molecule has 2 aromatic rings. The first-order valence-electron chi connectivity index (χ1n) is 16.8. The lowest BCUT2D eigenvalue weighted by molar-refractivity contribution is -0.384. The lowest BCUT2D eigenvalue weighted by Crippen LogP contribution is -2.50. The average Bonchev–Trinajstić information content (AvgIpc) is 3.11. The third-order valence-electron chi connectivity index (χ3n) is 8.53. The molecule has 2 aliphatic rings. The molecule has 15 nitrogen and oxygen atoms in total. The van der Waals surface area contributed by atoms with E-state index in [1.165, 1.54) is 39.5 Å². The van der Waals surface area contributed by atoms with E-state index in [1.807, 2.05) is 30.3 Å². The third-order valence-corrected chi connectivity index (χ3v) is 8.53. The van der Waals surface area contributed by atoms with Crippen LogP contribution in [0.25, 0.3) is 0 Å². The number of dihydropyridines is 1. The van der Waals surface area contributed by atoms with Crippen LogP contribution >= 0.6 is 0 Å². The van der Waals surface area contributed by atoms with Crippen LogP contribution in [0.4, 0.5) is 5.69 Å². The number of rotatable bonds is 17. The molecule has 2 atom stereocenters. The van der Waals surface area contributed by atoms with Crippen molar-refractivity contribution in [3.63, 3.8) is 0 Å². The van der Waals surface area contributed by atoms with E-state index < -0.39 is 41.3 Å². The molecule has 51 heavy (non-hydrogen) atoms. The van der Waals surface area contributed by atoms with Crippen LogP contribution < -0.4 is 14.8 Å². The highest BCUT2D eigenvalue weighted by Gasteiger charge is 2.43. The van der Waals surface area contributed by atoms with Crippen molar-refractivity contribution in [3.05, 3.63) is 86.7 Å². The number of benzene rings is 2. The van der Waals surface area contributed by atoms with Gasteiger partial charge >= 0.3 is 11.9 Å². The van der Waals surface area contributed by atoms with Gasteiger partial charge in [0.25, 0.3) is 5.69 Å². The number of hydrogen-bond donors (Lipinski definition) is 2. The monoisotopic (exact) mass is 712 g/mol. The van der Waals surface area contributed by atoms with Crippen LogP contribution in [0, 0.1) is 10.1 Å². The summed E-state index contributed by atoms with van der Waals surface area (Å²) in [6.07, 6.45) is -2.20. The topological polar surface area (TPSA) is 171 Å². The van der Waals surface area contributed by atoms with Crippen molar-refractivity contribution >= 4 is 17.6 Å². The van der Waals surface area contributed by atoms with Crippen LogP contribution in [0.2, 0.25) is 0 Å². The molecule has 2 N–H and O–H groups in total. The number of carbonyl (C=O) groups excluding carboxylic acids is 2. The lowest BCUT2D eigenvalue weighted by atomic mass is 9.79. The zero-order valence-corrected chi connectivity index (χ0v) is 30.0. The van der Waals surface area contributed by atoms with Crippen LogP contribution in [-0.2, 0) is 28.5 Å². The molecule has 2 aromatic carbocycles. The molecule has 2 unspecified atom stereocenters. The molecule has 15 heteroatoms. The van der Waals surface area contributed by atoms with Gasteiger partial charge in [0, 0.05) is 76.9 Å². The maximum Gasteiger partial charge on any atom is 0.337 e. The fraction of sp³-hybridized carbons (Fsp3) is 0.500. The number of methoxy groups -OCH3 is 3. The van der Waals surface area contributed by atoms with Gasteiger partial charge in [-0.1, -0.05) is 18.2 Å². The van der Waals surface area contributed by atoms with Gasteiger partial charge in [-0.05, 0) is 39.0 Å². The number of ether oxygens (including phenoxy) is 6. The Morgan fingerprint density at radius 3 is 2.24 bits per heavy atom. The van der Waals surface area contributed by atoms with Crippen molar-refractivity contribution in [1.29, 1.82) is 0 Å². The van der Waals surface area contributed by atoms with Crippen molar-refractivity contribution in [2.45, 2.75) is 45.2 Å². The lowest BCUT2D eigenvalue weighted by Gasteiger charge is -2.35. The first kappa shape index (κ1) is 39.2. The molecular weight excluding hydrogens is 664 g/mol. The zero-order chi connectivity index (χ0) is 37.1. The number of carbonyl (C=O) groups is 2. The summed E-state index contributed by atoms with van der Waals surface area (Å²) in [5.74, 6) is -1.79. The summed E-state index contributed by atoms with van der Waals surface area (Å²) in [5.41, 5.74) is 0.434. The molecule has 0 radical (unpaired) electrons. The smallest absolute Gasteiger partial charge is 0.337 e. The summed E-state index contributed by atoms with van der Waals surface area (Å²) in [5, 5.41) is 25.6. The van der Waals surface area contributed by atoms with Gasteiger partial charge in [-0.2, -0.15) is 0 Å². The Bertz CT molecular complexity index is 1570. The van der Waals surface area contributed by atoms with Gasteiger partial charge in [0.15, 0.2) is 6.29 Å². The van der Waals surface area contributed by atoms with E-state index in [4.69, 9.17) is 28.4 Å². The van der Waals surface area contributed by atoms with Crippen LogP contribution in [0.15, 0.2) is 71.1 Å². The molecule has 1 fully saturated rings. The summed E-state index contributed by atoms with van der Waals surface area (Å²) in [6, 6.07) is 13.4. The van der Waals surface area contributed by atoms with Crippen molar-refractivity contribution in [3.8, 4) is 11.5 Å². The largest absolute Gasteiger partial charge is 0.492 e. The molecule has 0 aromatic heterocycles. The minimum absolute atomic E-state index is 0.0506. The highest BCUT2D eigenvalue weighted by Crippen LogP contribution is 2.45. The van der Waals surface area contributed by atoms with E-state index in [-0.39, 0.29) is 47.1 Å². The Hall–Kier alpha value is -4.54. The van der Waals surface area contributed by atoms with Crippen molar-refractivity contribution in [1.82, 2.24) is 15.1 Å². The Kier molecular flexibility index (Phi) is 14.3. The standard InChI is InChI=1S/C36H48N4O11/c1-23(2)51-35(43)30-24(3)37-33(36(47-5)48-6)32(34(42)46-4)31(30)28-20-25(40(44)45)12-13-29(28)49-19-18-38-14-16-39(17-15-38)21-26(41)22-50-27-10-8-7-9-11-27/h7-13,20,23,26,31,36-37,41H,14-19,21-22H2,1-6H3. The van der Waals surface area contributed by atoms with Gasteiger partial charge in [-0.25, -0.2) is 9.59 Å². The number of nitro benzene ring substituents is 1. The second kappa shape index (κ2) is 18.6. The molecule has 4 rings (SSSR count). The number of allylic oxidation sites excluding steroid dienone is 1. The highest BCUT2D eigenvalue weighted by atomic mass is 16.7. The van der Waals surface area contributed by atoms with Gasteiger partial charge in [-0.3, -0.25) is 19.9 Å². The van der Waals surface area contributed by atoms with E-state index in [0.29, 0.717) is 24.5 Å². The number of aliphatic hydroxyl groups excluding tert-OH is 1. The number of hydrogen-bond acceptors (Lipinski definition) is 14. The zero-order valence-electron chi connectivity index (χ0n) is 30.0. The van der Waals surface area contributed by atoms with E-state index in [2.05, 4.69) is 15.1 Å². The van der Waals surface area contributed by atoms with Crippen molar-refractivity contribution in [2.75, 3.05) is 73.8 Å². The first-order chi connectivity index (χ1) is 24.5. The predicted octanol–water partition coefficient (Wildman–Crippen LogP) is 2.99. The van der Waals surface area contributed by atoms with Crippen LogP contribution in [0.5, 0.6) is 11.5 Å². The summed E-state index contributed by atoms with van der Waals surface area (Å²) in [4.78, 5) is 43.0. The van der Waals surface area contributed by atoms with Gasteiger partial charge in [0.2, 0.25) is 0 Å². The minimum Gasteiger partial charge on any atom is -0.492 e. The second-order valence-corrected chi connectivity index (χ2v) is 12.4. The summed E-state index contributed by atoms with van der Waals surface area (Å²) < 4.78 is 33.7. The molecular formula is C36H48N4O11. The number of aliphatic hydroxyl groups is 1. The molecule has 2 heterocycles. The second-order valence-electron chi connectivity index (χ2n) is 12.4. The predicted molar refractivity (Wildman–Crippen MR) is 186 cm³/mol. The summed E-state index contributed by atoms with van der Waals surface area (Å²) in [7, 11) is 3.97. The number of non-ortho nitro benzene ring substituents is 1. The molecule has 0 amide bonds. The normalized spacial score (nSPS) is 17.7. The maximum atomic E-state index is 13.7. The Morgan fingerprint density at radius 2 is 1.63 bits per heavy atom. The van der Waals surface area contributed by atoms with Crippen LogP contribution in [0.1, 0.15) is 32.3 Å². The van der Waals surface area contributed by atoms with E-state index in [9.17, 15) is 24.8 Å². The van der Waals surface area contributed by atoms with Gasteiger partial charge < -0.3 is 38.8 Å². The average molecular weight is 713 g/mol. The van der Waals surface area contributed by atoms with Crippen LogP contribution in [0.3, 0.4) is 0 Å². The molecule has 0 saturated carbocycles. The van der Waals surface area contributed by atoms with Crippen LogP contribution in [-0.4, -0.2) is 124 Å². The highest BCUT2D eigenvalue weighted by molar-refractivity contribution is 6.00. The summed E-state index contributed by atoms with van der Waals surface area (Å²) in [6.45, 7) is 9.39. The van der Waals surface area contributed by atoms with Crippen molar-refractivity contribution in [2.24, 2.45) is 0 Å². The maximum absolute atomic E-state index is 13.7. The number of para-hydroxylation sites is 1. The fourth-order valence-corrected chi connectivity index (χ4v) is 6.11. The Balaban J connectivity index is 1.54. The third kappa shape index (κ3) is 10.3. The Labute approximate surface area is 297 Å². The van der Waals surface area contributed by atoms with E-state index in [1.54, 1.807) is 20.8 Å². The quantitative estimate of drug-likeness (QED) is 0.106. The number of nitro groups is 1. The number of nitrogens with zero attached hydrogens (tertiary/aromatic N) is 3.